The molecule has 0 saturated heterocycles. The van der Waals surface area contributed by atoms with Crippen LogP contribution in [-0.4, -0.2) is 0 Å². The highest BCUT2D eigenvalue weighted by Gasteiger charge is 2.17. The van der Waals surface area contributed by atoms with E-state index in [9.17, 15) is 0 Å². The van der Waals surface area contributed by atoms with Gasteiger partial charge in [-0.1, -0.05) is 15.9 Å². The van der Waals surface area contributed by atoms with Crippen molar-refractivity contribution in [2.24, 2.45) is 0 Å². The maximum atomic E-state index is 3.81. The van der Waals surface area contributed by atoms with E-state index in [0.717, 1.165) is 0 Å². The summed E-state index contributed by atoms with van der Waals surface area (Å²) in [6.45, 7) is 2.14. The molecule has 0 aliphatic rings. The minimum atomic E-state index is 0.321. The highest BCUT2D eigenvalue weighted by atomic mass is 79.9. The number of hydrogen-bond donors (Lipinski definition) is 0. The molecule has 0 amide bonds. The third-order valence-electron chi connectivity index (χ3n) is 2.53. The van der Waals surface area contributed by atoms with Gasteiger partial charge in [-0.3, -0.25) is 0 Å². The molecule has 17 heavy (non-hydrogen) atoms. The molecule has 1 atom stereocenters. The highest BCUT2D eigenvalue weighted by Crippen LogP contribution is 2.43. The first-order chi connectivity index (χ1) is 8.15. The first-order valence-electron chi connectivity index (χ1n) is 5.02. The van der Waals surface area contributed by atoms with Crippen molar-refractivity contribution in [2.45, 2.75) is 11.8 Å². The summed E-state index contributed by atoms with van der Waals surface area (Å²) in [5.41, 5.74) is 1.31. The fraction of sp³-hybridized carbons (Fsp3) is 0.167. The molecule has 3 rings (SSSR count). The predicted molar refractivity (Wildman–Crippen MR) is 87.2 cm³/mol. The summed E-state index contributed by atoms with van der Waals surface area (Å²) in [5.74, 6) is 0. The summed E-state index contributed by atoms with van der Waals surface area (Å²) in [4.78, 5) is 3.07. The average Bonchev–Trinajstić information content (AvgIpc) is 2.92. The van der Waals surface area contributed by atoms with Crippen molar-refractivity contribution in [3.05, 3.63) is 42.7 Å². The minimum Gasteiger partial charge on any atom is -0.143 e. The Hall–Kier alpha value is 0.320. The molecular weight excluding hydrogens is 400 g/mol. The number of fused-ring (bicyclic) bond motifs is 1. The van der Waals surface area contributed by atoms with Gasteiger partial charge in [-0.25, -0.2) is 0 Å². The smallest absolute Gasteiger partial charge is 0.0832 e. The number of alkyl halides is 1. The molecule has 0 spiro atoms. The molecule has 3 heterocycles. The molecular formula is C12H8Br2S3. The molecule has 0 aliphatic carbocycles. The molecule has 5 heteroatoms. The Morgan fingerprint density at radius 2 is 1.88 bits per heavy atom. The second-order valence-corrected chi connectivity index (χ2v) is 9.15. The summed E-state index contributed by atoms with van der Waals surface area (Å²) in [5, 5.41) is 2.15. The van der Waals surface area contributed by atoms with E-state index in [1.807, 2.05) is 34.0 Å². The number of aryl methyl sites for hydroxylation is 1. The van der Waals surface area contributed by atoms with E-state index < -0.39 is 0 Å². The van der Waals surface area contributed by atoms with Crippen LogP contribution in [0.2, 0.25) is 0 Å². The lowest BCUT2D eigenvalue weighted by atomic mass is 10.2. The second kappa shape index (κ2) is 4.78. The van der Waals surface area contributed by atoms with Gasteiger partial charge in [0.1, 0.15) is 0 Å². The Kier molecular flexibility index (Phi) is 3.47. The van der Waals surface area contributed by atoms with Crippen LogP contribution in [-0.2, 0) is 0 Å². The maximum absolute atomic E-state index is 3.81. The number of rotatable bonds is 2. The lowest BCUT2D eigenvalue weighted by molar-refractivity contribution is 1.28. The quantitative estimate of drug-likeness (QED) is 0.421. The number of hydrogen-bond acceptors (Lipinski definition) is 3. The summed E-state index contributed by atoms with van der Waals surface area (Å²) >= 11 is 12.9. The summed E-state index contributed by atoms with van der Waals surface area (Å²) in [6.07, 6.45) is 0. The van der Waals surface area contributed by atoms with Gasteiger partial charge in [0.15, 0.2) is 0 Å². The van der Waals surface area contributed by atoms with Crippen LogP contribution < -0.4 is 0 Å². The zero-order valence-corrected chi connectivity index (χ0v) is 14.5. The molecule has 88 valence electrons. The molecule has 3 aromatic heterocycles. The Labute approximate surface area is 129 Å². The standard InChI is InChI=1S/C12H8Br2S3/c1-6-4-9(17-12(6)14)11(13)10-5-8-7(16-10)2-3-15-8/h2-5,11H,1H3. The first kappa shape index (κ1) is 12.4. The van der Waals surface area contributed by atoms with Crippen LogP contribution in [0.5, 0.6) is 0 Å². The van der Waals surface area contributed by atoms with Crippen molar-refractivity contribution < 1.29 is 0 Å². The van der Waals surface area contributed by atoms with Crippen LogP contribution in [0.4, 0.5) is 0 Å². The second-order valence-electron chi connectivity index (χ2n) is 3.77. The van der Waals surface area contributed by atoms with Crippen molar-refractivity contribution in [3.8, 4) is 0 Å². The Balaban J connectivity index is 2.01. The zero-order chi connectivity index (χ0) is 12.0. The Morgan fingerprint density at radius 3 is 2.53 bits per heavy atom. The molecule has 1 unspecified atom stereocenters. The third-order valence-corrected chi connectivity index (χ3v) is 8.49. The van der Waals surface area contributed by atoms with Gasteiger partial charge in [-0.15, -0.1) is 34.0 Å². The van der Waals surface area contributed by atoms with E-state index >= 15 is 0 Å². The Morgan fingerprint density at radius 1 is 1.12 bits per heavy atom. The largest absolute Gasteiger partial charge is 0.143 e. The number of thiophene rings is 3. The van der Waals surface area contributed by atoms with E-state index in [2.05, 4.69) is 62.4 Å². The summed E-state index contributed by atoms with van der Waals surface area (Å²) in [7, 11) is 0. The lowest BCUT2D eigenvalue weighted by Gasteiger charge is -2.03. The summed E-state index contributed by atoms with van der Waals surface area (Å²) in [6, 6.07) is 6.75. The van der Waals surface area contributed by atoms with Crippen LogP contribution in [0, 0.1) is 6.92 Å². The van der Waals surface area contributed by atoms with Gasteiger partial charge in [0.2, 0.25) is 0 Å². The van der Waals surface area contributed by atoms with E-state index in [-0.39, 0.29) is 0 Å². The van der Waals surface area contributed by atoms with E-state index in [0.29, 0.717) is 4.83 Å². The molecule has 0 fully saturated rings. The molecule has 0 aromatic carbocycles. The van der Waals surface area contributed by atoms with Crippen molar-refractivity contribution in [3.63, 3.8) is 0 Å². The normalized spacial score (nSPS) is 13.4. The van der Waals surface area contributed by atoms with Crippen molar-refractivity contribution >= 4 is 75.3 Å². The van der Waals surface area contributed by atoms with Crippen LogP contribution in [0.25, 0.3) is 9.40 Å². The molecule has 0 nitrogen and oxygen atoms in total. The molecule has 0 N–H and O–H groups in total. The molecule has 3 aromatic rings. The highest BCUT2D eigenvalue weighted by molar-refractivity contribution is 9.11. The zero-order valence-electron chi connectivity index (χ0n) is 8.87. The van der Waals surface area contributed by atoms with E-state index in [4.69, 9.17) is 0 Å². The van der Waals surface area contributed by atoms with Crippen LogP contribution in [0.15, 0.2) is 27.4 Å². The fourth-order valence-electron chi connectivity index (χ4n) is 1.66. The SMILES string of the molecule is Cc1cc(C(Br)c2cc3sccc3s2)sc1Br. The van der Waals surface area contributed by atoms with Gasteiger partial charge in [0, 0.05) is 19.2 Å². The van der Waals surface area contributed by atoms with Gasteiger partial charge in [0.25, 0.3) is 0 Å². The van der Waals surface area contributed by atoms with Crippen LogP contribution in [0.1, 0.15) is 20.1 Å². The topological polar surface area (TPSA) is 0 Å². The van der Waals surface area contributed by atoms with Gasteiger partial charge in [-0.05, 0) is 52.0 Å². The molecule has 0 saturated carbocycles. The molecule has 0 aliphatic heterocycles. The van der Waals surface area contributed by atoms with Gasteiger partial charge in [0.05, 0.1) is 8.61 Å². The minimum absolute atomic E-state index is 0.321. The predicted octanol–water partition coefficient (Wildman–Crippen LogP) is 6.58. The van der Waals surface area contributed by atoms with E-state index in [1.165, 1.54) is 28.5 Å². The van der Waals surface area contributed by atoms with Crippen molar-refractivity contribution in [2.75, 3.05) is 0 Å². The average molecular weight is 408 g/mol. The van der Waals surface area contributed by atoms with Crippen LogP contribution >= 0.6 is 65.9 Å². The van der Waals surface area contributed by atoms with Gasteiger partial charge >= 0.3 is 0 Å². The van der Waals surface area contributed by atoms with Crippen LogP contribution in [0.3, 0.4) is 0 Å². The Bertz CT molecular complexity index is 614. The van der Waals surface area contributed by atoms with Gasteiger partial charge < -0.3 is 0 Å². The van der Waals surface area contributed by atoms with Gasteiger partial charge in [-0.2, -0.15) is 0 Å². The summed E-state index contributed by atoms with van der Waals surface area (Å²) < 4.78 is 4.01. The molecule has 0 bridgehead atoms. The monoisotopic (exact) mass is 406 g/mol. The lowest BCUT2D eigenvalue weighted by Crippen LogP contribution is -1.83. The molecule has 0 radical (unpaired) electrons. The maximum Gasteiger partial charge on any atom is 0.0832 e. The number of halogens is 2. The van der Waals surface area contributed by atoms with E-state index in [1.54, 1.807) is 0 Å². The third kappa shape index (κ3) is 2.28. The van der Waals surface area contributed by atoms with Crippen molar-refractivity contribution in [1.82, 2.24) is 0 Å². The fourth-order valence-corrected chi connectivity index (χ4v) is 6.24. The first-order valence-corrected chi connectivity index (χ1v) is 9.24. The van der Waals surface area contributed by atoms with Crippen molar-refractivity contribution in [1.29, 1.82) is 0 Å².